The highest BCUT2D eigenvalue weighted by atomic mass is 35.5. The van der Waals surface area contributed by atoms with E-state index >= 15 is 0 Å². The normalized spacial score (nSPS) is 12.1. The quantitative estimate of drug-likeness (QED) is 0.610. The first kappa shape index (κ1) is 17.2. The van der Waals surface area contributed by atoms with E-state index in [1.54, 1.807) is 0 Å². The van der Waals surface area contributed by atoms with E-state index in [9.17, 15) is 0 Å². The van der Waals surface area contributed by atoms with Gasteiger partial charge in [0.25, 0.3) is 0 Å². The fourth-order valence-electron chi connectivity index (χ4n) is 2.74. The average molecular weight is 384 g/mol. The molecule has 1 aliphatic heterocycles. The van der Waals surface area contributed by atoms with Crippen molar-refractivity contribution in [3.05, 3.63) is 58.9 Å². The smallest absolute Gasteiger partial charge is 0.231 e. The molecule has 0 saturated carbocycles. The molecule has 0 spiro atoms. The Morgan fingerprint density at radius 3 is 2.81 bits per heavy atom. The van der Waals surface area contributed by atoms with E-state index < -0.39 is 0 Å². The van der Waals surface area contributed by atoms with Crippen molar-refractivity contribution < 1.29 is 9.47 Å². The van der Waals surface area contributed by atoms with E-state index in [1.807, 2.05) is 43.3 Å². The van der Waals surface area contributed by atoms with Crippen molar-refractivity contribution in [1.29, 1.82) is 0 Å². The predicted molar refractivity (Wildman–Crippen MR) is 106 cm³/mol. The lowest BCUT2D eigenvalue weighted by Gasteiger charge is -2.14. The molecule has 7 nitrogen and oxygen atoms in total. The molecule has 0 aliphatic carbocycles. The Labute approximate surface area is 161 Å². The van der Waals surface area contributed by atoms with E-state index in [0.717, 1.165) is 28.3 Å². The molecule has 0 fully saturated rings. The highest BCUT2D eigenvalue weighted by Gasteiger charge is 2.14. The lowest BCUT2D eigenvalue weighted by atomic mass is 10.2. The molecule has 1 aliphatic rings. The Balaban J connectivity index is 1.51. The number of nitrogens with one attached hydrogen (secondary N) is 2. The summed E-state index contributed by atoms with van der Waals surface area (Å²) in [5.41, 5.74) is 9.47. The Bertz CT molecular complexity index is 996. The molecule has 0 atom stereocenters. The highest BCUT2D eigenvalue weighted by Crippen LogP contribution is 2.33. The number of hydrogen-bond acceptors (Lipinski definition) is 7. The van der Waals surface area contributed by atoms with Crippen LogP contribution in [-0.4, -0.2) is 16.8 Å². The molecule has 2 aromatic carbocycles. The fraction of sp³-hybridized carbons (Fsp3) is 0.158. The number of benzene rings is 2. The van der Waals surface area contributed by atoms with E-state index in [1.165, 1.54) is 6.33 Å². The van der Waals surface area contributed by atoms with Gasteiger partial charge in [-0.2, -0.15) is 0 Å². The summed E-state index contributed by atoms with van der Waals surface area (Å²) in [6.07, 6.45) is 1.46. The number of hydrogen-bond donors (Lipinski definition) is 3. The molecule has 1 aromatic heterocycles. The number of nitrogen functional groups attached to an aromatic ring is 1. The fourth-order valence-corrected chi connectivity index (χ4v) is 2.92. The van der Waals surface area contributed by atoms with Crippen LogP contribution in [0.4, 0.5) is 23.0 Å². The van der Waals surface area contributed by atoms with Crippen molar-refractivity contribution in [1.82, 2.24) is 9.97 Å². The summed E-state index contributed by atoms with van der Waals surface area (Å²) in [7, 11) is 0. The van der Waals surface area contributed by atoms with Crippen LogP contribution in [0, 0.1) is 6.92 Å². The van der Waals surface area contributed by atoms with Crippen molar-refractivity contribution in [3.8, 4) is 11.5 Å². The minimum absolute atomic E-state index is 0.253. The Morgan fingerprint density at radius 2 is 1.93 bits per heavy atom. The first-order valence-corrected chi connectivity index (χ1v) is 8.74. The second kappa shape index (κ2) is 7.20. The van der Waals surface area contributed by atoms with Gasteiger partial charge in [0.2, 0.25) is 6.79 Å². The van der Waals surface area contributed by atoms with Crippen LogP contribution in [0.25, 0.3) is 0 Å². The van der Waals surface area contributed by atoms with Crippen LogP contribution in [0.2, 0.25) is 5.02 Å². The van der Waals surface area contributed by atoms with Gasteiger partial charge in [0.05, 0.1) is 0 Å². The maximum absolute atomic E-state index is 6.25. The summed E-state index contributed by atoms with van der Waals surface area (Å²) in [6, 6.07) is 11.4. The molecule has 8 heteroatoms. The van der Waals surface area contributed by atoms with Crippen molar-refractivity contribution in [2.45, 2.75) is 13.5 Å². The number of rotatable bonds is 5. The van der Waals surface area contributed by atoms with Gasteiger partial charge in [-0.3, -0.25) is 0 Å². The summed E-state index contributed by atoms with van der Waals surface area (Å²) in [4.78, 5) is 8.48. The monoisotopic (exact) mass is 383 g/mol. The second-order valence-electron chi connectivity index (χ2n) is 6.06. The lowest BCUT2D eigenvalue weighted by Crippen LogP contribution is -2.08. The number of nitrogens with zero attached hydrogens (tertiary/aromatic N) is 2. The number of fused-ring (bicyclic) bond motifs is 1. The van der Waals surface area contributed by atoms with Crippen molar-refractivity contribution in [3.63, 3.8) is 0 Å². The largest absolute Gasteiger partial charge is 0.454 e. The van der Waals surface area contributed by atoms with Gasteiger partial charge in [0.1, 0.15) is 12.0 Å². The van der Waals surface area contributed by atoms with Crippen LogP contribution in [0.15, 0.2) is 42.7 Å². The predicted octanol–water partition coefficient (Wildman–Crippen LogP) is 4.11. The van der Waals surface area contributed by atoms with Crippen molar-refractivity contribution in [2.75, 3.05) is 23.2 Å². The van der Waals surface area contributed by atoms with E-state index in [-0.39, 0.29) is 6.79 Å². The SMILES string of the molecule is Cc1c(Cl)cccc1Nc1ncnc(NCc2ccc3c(c2)OCO3)c1N. The van der Waals surface area contributed by atoms with Crippen LogP contribution in [0.3, 0.4) is 0 Å². The molecule has 27 heavy (non-hydrogen) atoms. The number of nitrogens with two attached hydrogens (primary N) is 1. The summed E-state index contributed by atoms with van der Waals surface area (Å²) in [5.74, 6) is 2.56. The third-order valence-corrected chi connectivity index (χ3v) is 4.71. The minimum Gasteiger partial charge on any atom is -0.454 e. The first-order valence-electron chi connectivity index (χ1n) is 8.37. The van der Waals surface area contributed by atoms with Crippen LogP contribution >= 0.6 is 11.6 Å². The zero-order chi connectivity index (χ0) is 18.8. The van der Waals surface area contributed by atoms with Gasteiger partial charge in [-0.25, -0.2) is 9.97 Å². The molecule has 0 unspecified atom stereocenters. The molecule has 138 valence electrons. The van der Waals surface area contributed by atoms with Gasteiger partial charge in [-0.1, -0.05) is 23.7 Å². The van der Waals surface area contributed by atoms with E-state index in [4.69, 9.17) is 26.8 Å². The first-order chi connectivity index (χ1) is 13.1. The van der Waals surface area contributed by atoms with Gasteiger partial charge >= 0.3 is 0 Å². The summed E-state index contributed by atoms with van der Waals surface area (Å²) in [5, 5.41) is 7.13. The Morgan fingerprint density at radius 1 is 1.11 bits per heavy atom. The molecule has 3 aromatic rings. The van der Waals surface area contributed by atoms with Crippen LogP contribution < -0.4 is 25.8 Å². The molecule has 0 bridgehead atoms. The Kier molecular flexibility index (Phi) is 4.60. The lowest BCUT2D eigenvalue weighted by molar-refractivity contribution is 0.174. The number of aromatic nitrogens is 2. The van der Waals surface area contributed by atoms with Gasteiger partial charge in [0, 0.05) is 17.3 Å². The maximum Gasteiger partial charge on any atom is 0.231 e. The molecular weight excluding hydrogens is 366 g/mol. The van der Waals surface area contributed by atoms with Crippen LogP contribution in [0.5, 0.6) is 11.5 Å². The summed E-state index contributed by atoms with van der Waals surface area (Å²) in [6.45, 7) is 2.72. The molecule has 0 radical (unpaired) electrons. The zero-order valence-corrected chi connectivity index (χ0v) is 15.4. The minimum atomic E-state index is 0.253. The summed E-state index contributed by atoms with van der Waals surface area (Å²) >= 11 is 6.17. The average Bonchev–Trinajstić information content (AvgIpc) is 3.14. The van der Waals surface area contributed by atoms with Crippen molar-refractivity contribution >= 4 is 34.6 Å². The standard InChI is InChI=1S/C19H18ClN5O2/c1-11-13(20)3-2-4-14(11)25-19-17(21)18(23-9-24-19)22-8-12-5-6-15-16(7-12)27-10-26-15/h2-7,9H,8,10,21H2,1H3,(H2,22,23,24,25). The highest BCUT2D eigenvalue weighted by molar-refractivity contribution is 6.31. The van der Waals surface area contributed by atoms with Crippen molar-refractivity contribution in [2.24, 2.45) is 0 Å². The van der Waals surface area contributed by atoms with E-state index in [0.29, 0.717) is 28.9 Å². The van der Waals surface area contributed by atoms with E-state index in [2.05, 4.69) is 20.6 Å². The van der Waals surface area contributed by atoms with Gasteiger partial charge < -0.3 is 25.8 Å². The molecule has 2 heterocycles. The van der Waals surface area contributed by atoms with Gasteiger partial charge in [-0.05, 0) is 42.3 Å². The number of anilines is 4. The maximum atomic E-state index is 6.25. The van der Waals surface area contributed by atoms with Gasteiger partial charge in [-0.15, -0.1) is 0 Å². The van der Waals surface area contributed by atoms with Crippen LogP contribution in [-0.2, 0) is 6.54 Å². The van der Waals surface area contributed by atoms with Crippen LogP contribution in [0.1, 0.15) is 11.1 Å². The molecule has 0 amide bonds. The number of ether oxygens (including phenoxy) is 2. The number of halogens is 1. The van der Waals surface area contributed by atoms with Gasteiger partial charge in [0.15, 0.2) is 23.1 Å². The molecule has 4 N–H and O–H groups in total. The molecular formula is C19H18ClN5O2. The third kappa shape index (κ3) is 3.54. The third-order valence-electron chi connectivity index (χ3n) is 4.30. The second-order valence-corrected chi connectivity index (χ2v) is 6.47. The zero-order valence-electron chi connectivity index (χ0n) is 14.6. The molecule has 4 rings (SSSR count). The molecule has 0 saturated heterocycles. The topological polar surface area (TPSA) is 94.3 Å². The Hall–Kier alpha value is -3.19. The summed E-state index contributed by atoms with van der Waals surface area (Å²) < 4.78 is 10.7.